The number of rotatable bonds is 7. The van der Waals surface area contributed by atoms with Crippen molar-refractivity contribution in [1.29, 1.82) is 0 Å². The van der Waals surface area contributed by atoms with Gasteiger partial charge in [-0.2, -0.15) is 0 Å². The van der Waals surface area contributed by atoms with Crippen LogP contribution in [0, 0.1) is 0 Å². The largest absolute Gasteiger partial charge is 0.497 e. The third kappa shape index (κ3) is 5.34. The molecule has 0 amide bonds. The molecule has 1 rings (SSSR count). The normalized spacial score (nSPS) is 10.3. The minimum atomic E-state index is -0.280. The molecule has 0 aliphatic rings. The number of carbonyl (C=O) groups excluding carboxylic acids is 1. The smallest absolute Gasteiger partial charge is 0.309 e. The molecule has 1 aromatic carbocycles. The van der Waals surface area contributed by atoms with Crippen LogP contribution in [0.3, 0.4) is 0 Å². The van der Waals surface area contributed by atoms with Gasteiger partial charge in [-0.3, -0.25) is 4.79 Å². The van der Waals surface area contributed by atoms with E-state index in [9.17, 15) is 4.79 Å². The molecule has 0 aromatic heterocycles. The van der Waals surface area contributed by atoms with Crippen molar-refractivity contribution in [3.8, 4) is 5.75 Å². The van der Waals surface area contributed by atoms with Gasteiger partial charge < -0.3 is 14.3 Å². The van der Waals surface area contributed by atoms with Gasteiger partial charge in [0.1, 0.15) is 12.4 Å². The lowest BCUT2D eigenvalue weighted by Crippen LogP contribution is -2.06. The van der Waals surface area contributed by atoms with Crippen LogP contribution in [0.1, 0.15) is 18.9 Å². The van der Waals surface area contributed by atoms with Gasteiger partial charge in [0.15, 0.2) is 0 Å². The van der Waals surface area contributed by atoms with Crippen molar-refractivity contribution in [2.75, 3.05) is 20.3 Å². The van der Waals surface area contributed by atoms with Crippen LogP contribution in [0.5, 0.6) is 5.75 Å². The Balaban J connectivity index is 2.25. The summed E-state index contributed by atoms with van der Waals surface area (Å²) in [5, 5.41) is 3.76. The first-order valence-corrected chi connectivity index (χ1v) is 5.71. The summed E-state index contributed by atoms with van der Waals surface area (Å²) in [7, 11) is 1.61. The van der Waals surface area contributed by atoms with Crippen LogP contribution in [0.25, 0.3) is 0 Å². The van der Waals surface area contributed by atoms with Gasteiger partial charge in [0.2, 0.25) is 0 Å². The summed E-state index contributed by atoms with van der Waals surface area (Å²) in [4.78, 5) is 15.9. The lowest BCUT2D eigenvalue weighted by Gasteiger charge is -2.00. The Labute approximate surface area is 106 Å². The third-order valence-electron chi connectivity index (χ3n) is 2.09. The first-order valence-electron chi connectivity index (χ1n) is 5.71. The topological polar surface area (TPSA) is 57.1 Å². The number of nitrogens with zero attached hydrogens (tertiary/aromatic N) is 1. The molecule has 98 valence electrons. The van der Waals surface area contributed by atoms with Crippen molar-refractivity contribution < 1.29 is 19.1 Å². The molecule has 0 atom stereocenters. The van der Waals surface area contributed by atoms with Gasteiger partial charge in [0.25, 0.3) is 0 Å². The highest BCUT2D eigenvalue weighted by Gasteiger charge is 2.00. The van der Waals surface area contributed by atoms with E-state index in [1.54, 1.807) is 20.2 Å². The molecular formula is C13H17NO4. The zero-order chi connectivity index (χ0) is 13.2. The Bertz CT molecular complexity index is 386. The van der Waals surface area contributed by atoms with E-state index in [4.69, 9.17) is 14.3 Å². The maximum atomic E-state index is 11.0. The highest BCUT2D eigenvalue weighted by atomic mass is 16.6. The number of benzene rings is 1. The van der Waals surface area contributed by atoms with Gasteiger partial charge in [0, 0.05) is 0 Å². The average molecular weight is 251 g/mol. The molecule has 0 saturated heterocycles. The zero-order valence-electron chi connectivity index (χ0n) is 10.6. The van der Waals surface area contributed by atoms with E-state index in [0.29, 0.717) is 6.61 Å². The SMILES string of the molecule is CCOC(=O)CCO/N=C/c1ccc(OC)cc1. The molecular weight excluding hydrogens is 234 g/mol. The highest BCUT2D eigenvalue weighted by Crippen LogP contribution is 2.09. The van der Waals surface area contributed by atoms with E-state index in [0.717, 1.165) is 11.3 Å². The molecule has 0 spiro atoms. The number of hydrogen-bond donors (Lipinski definition) is 0. The minimum Gasteiger partial charge on any atom is -0.497 e. The molecule has 5 nitrogen and oxygen atoms in total. The summed E-state index contributed by atoms with van der Waals surface area (Å²) in [6.45, 7) is 2.36. The van der Waals surface area contributed by atoms with E-state index in [2.05, 4.69) is 5.16 Å². The van der Waals surface area contributed by atoms with Gasteiger partial charge in [-0.05, 0) is 36.8 Å². The Morgan fingerprint density at radius 3 is 2.67 bits per heavy atom. The van der Waals surface area contributed by atoms with Crippen molar-refractivity contribution in [3.63, 3.8) is 0 Å². The van der Waals surface area contributed by atoms with E-state index >= 15 is 0 Å². The number of oxime groups is 1. The summed E-state index contributed by atoms with van der Waals surface area (Å²) in [5.41, 5.74) is 0.895. The maximum Gasteiger partial charge on any atom is 0.309 e. The fourth-order valence-electron chi connectivity index (χ4n) is 1.20. The molecule has 0 aliphatic heterocycles. The van der Waals surface area contributed by atoms with Crippen molar-refractivity contribution in [1.82, 2.24) is 0 Å². The predicted octanol–water partition coefficient (Wildman–Crippen LogP) is 2.00. The van der Waals surface area contributed by atoms with Crippen LogP contribution in [0.4, 0.5) is 0 Å². The predicted molar refractivity (Wildman–Crippen MR) is 67.8 cm³/mol. The Morgan fingerprint density at radius 1 is 1.33 bits per heavy atom. The first kappa shape index (κ1) is 14.0. The number of hydrogen-bond acceptors (Lipinski definition) is 5. The highest BCUT2D eigenvalue weighted by molar-refractivity contribution is 5.79. The molecule has 18 heavy (non-hydrogen) atoms. The van der Waals surface area contributed by atoms with Gasteiger partial charge in [0.05, 0.1) is 26.4 Å². The summed E-state index contributed by atoms with van der Waals surface area (Å²) in [6, 6.07) is 7.38. The monoisotopic (exact) mass is 251 g/mol. The molecule has 1 aromatic rings. The molecule has 0 N–H and O–H groups in total. The van der Waals surface area contributed by atoms with Crippen LogP contribution in [0.15, 0.2) is 29.4 Å². The molecule has 0 saturated carbocycles. The van der Waals surface area contributed by atoms with E-state index in [1.807, 2.05) is 24.3 Å². The van der Waals surface area contributed by atoms with Gasteiger partial charge in [-0.25, -0.2) is 0 Å². The van der Waals surface area contributed by atoms with Crippen molar-refractivity contribution in [2.45, 2.75) is 13.3 Å². The van der Waals surface area contributed by atoms with Crippen LogP contribution < -0.4 is 4.74 Å². The summed E-state index contributed by atoms with van der Waals surface area (Å²) < 4.78 is 9.78. The van der Waals surface area contributed by atoms with Crippen LogP contribution in [-0.2, 0) is 14.4 Å². The molecule has 0 fully saturated rings. The number of ether oxygens (including phenoxy) is 2. The van der Waals surface area contributed by atoms with E-state index in [1.165, 1.54) is 0 Å². The zero-order valence-corrected chi connectivity index (χ0v) is 10.6. The molecule has 0 aliphatic carbocycles. The minimum absolute atomic E-state index is 0.202. The molecule has 0 heterocycles. The van der Waals surface area contributed by atoms with Crippen molar-refractivity contribution >= 4 is 12.2 Å². The van der Waals surface area contributed by atoms with Crippen LogP contribution in [-0.4, -0.2) is 32.5 Å². The third-order valence-corrected chi connectivity index (χ3v) is 2.09. The quantitative estimate of drug-likeness (QED) is 0.322. The second kappa shape index (κ2) is 8.11. The second-order valence-electron chi connectivity index (χ2n) is 3.40. The van der Waals surface area contributed by atoms with Gasteiger partial charge >= 0.3 is 5.97 Å². The summed E-state index contributed by atoms with van der Waals surface area (Å²) in [5.74, 6) is 0.507. The van der Waals surface area contributed by atoms with E-state index in [-0.39, 0.29) is 19.0 Å². The molecule has 0 radical (unpaired) electrons. The van der Waals surface area contributed by atoms with Gasteiger partial charge in [-0.15, -0.1) is 0 Å². The van der Waals surface area contributed by atoms with E-state index < -0.39 is 0 Å². The Morgan fingerprint density at radius 2 is 2.06 bits per heavy atom. The fraction of sp³-hybridized carbons (Fsp3) is 0.385. The standard InChI is InChI=1S/C13H17NO4/c1-3-17-13(15)8-9-18-14-10-11-4-6-12(16-2)7-5-11/h4-7,10H,3,8-9H2,1-2H3/b14-10+. The van der Waals surface area contributed by atoms with Gasteiger partial charge in [-0.1, -0.05) is 5.16 Å². The first-order chi connectivity index (χ1) is 8.76. The number of carbonyl (C=O) groups is 1. The second-order valence-corrected chi connectivity index (χ2v) is 3.40. The summed E-state index contributed by atoms with van der Waals surface area (Å²) in [6.07, 6.45) is 1.78. The average Bonchev–Trinajstić information content (AvgIpc) is 2.39. The number of esters is 1. The Hall–Kier alpha value is -2.04. The van der Waals surface area contributed by atoms with Crippen LogP contribution in [0.2, 0.25) is 0 Å². The lowest BCUT2D eigenvalue weighted by atomic mass is 10.2. The maximum absolute atomic E-state index is 11.0. The molecule has 0 unspecified atom stereocenters. The fourth-order valence-corrected chi connectivity index (χ4v) is 1.20. The van der Waals surface area contributed by atoms with Crippen LogP contribution >= 0.6 is 0 Å². The summed E-state index contributed by atoms with van der Waals surface area (Å²) >= 11 is 0. The molecule has 0 bridgehead atoms. The van der Waals surface area contributed by atoms with Crippen molar-refractivity contribution in [3.05, 3.63) is 29.8 Å². The number of methoxy groups -OCH3 is 1. The Kier molecular flexibility index (Phi) is 6.32. The molecule has 5 heteroatoms. The lowest BCUT2D eigenvalue weighted by molar-refractivity contribution is -0.144. The van der Waals surface area contributed by atoms with Crippen molar-refractivity contribution in [2.24, 2.45) is 5.16 Å².